The second-order valence-corrected chi connectivity index (χ2v) is 6.80. The fraction of sp³-hybridized carbons (Fsp3) is 0.300. The first-order valence-electron chi connectivity index (χ1n) is 8.34. The van der Waals surface area contributed by atoms with Gasteiger partial charge in [0, 0.05) is 23.7 Å². The van der Waals surface area contributed by atoms with Crippen molar-refractivity contribution in [3.05, 3.63) is 80.9 Å². The number of benzene rings is 2. The van der Waals surface area contributed by atoms with Crippen molar-refractivity contribution in [2.75, 3.05) is 5.32 Å². The Morgan fingerprint density at radius 3 is 2.58 bits per heavy atom. The monoisotopic (exact) mass is 320 g/mol. The van der Waals surface area contributed by atoms with Gasteiger partial charge in [-0.15, -0.1) is 0 Å². The molecule has 24 heavy (non-hydrogen) atoms. The Morgan fingerprint density at radius 2 is 1.88 bits per heavy atom. The maximum atomic E-state index is 10.9. The number of hydrogen-bond donors (Lipinski definition) is 1. The van der Waals surface area contributed by atoms with E-state index in [1.807, 2.05) is 12.1 Å². The van der Waals surface area contributed by atoms with Crippen molar-refractivity contribution >= 4 is 11.4 Å². The average molecular weight is 320 g/mol. The molecule has 1 aliphatic carbocycles. The summed E-state index contributed by atoms with van der Waals surface area (Å²) < 4.78 is 0. The second-order valence-electron chi connectivity index (χ2n) is 6.80. The van der Waals surface area contributed by atoms with Crippen LogP contribution in [0.5, 0.6) is 0 Å². The van der Waals surface area contributed by atoms with E-state index in [2.05, 4.69) is 43.4 Å². The largest absolute Gasteiger partial charge is 0.377 e. The Labute approximate surface area is 141 Å². The van der Waals surface area contributed by atoms with Gasteiger partial charge in [-0.05, 0) is 48.4 Å². The van der Waals surface area contributed by atoms with Crippen molar-refractivity contribution < 1.29 is 4.92 Å². The Kier molecular flexibility index (Phi) is 3.41. The molecule has 0 radical (unpaired) electrons. The van der Waals surface area contributed by atoms with E-state index >= 15 is 0 Å². The Balaban J connectivity index is 1.77. The van der Waals surface area contributed by atoms with Gasteiger partial charge in [0.25, 0.3) is 5.69 Å². The third-order valence-corrected chi connectivity index (χ3v) is 5.53. The molecule has 122 valence electrons. The van der Waals surface area contributed by atoms with Crippen LogP contribution in [0.15, 0.2) is 48.6 Å². The van der Waals surface area contributed by atoms with Crippen LogP contribution in [0.2, 0.25) is 0 Å². The molecule has 0 bridgehead atoms. The summed E-state index contributed by atoms with van der Waals surface area (Å²) in [5.41, 5.74) is 6.43. The van der Waals surface area contributed by atoms with Gasteiger partial charge in [-0.25, -0.2) is 0 Å². The topological polar surface area (TPSA) is 55.2 Å². The number of nitrogens with one attached hydrogen (secondary N) is 1. The number of nitro benzene ring substituents is 1. The van der Waals surface area contributed by atoms with Crippen molar-refractivity contribution in [2.45, 2.75) is 32.2 Å². The molecule has 0 spiro atoms. The van der Waals surface area contributed by atoms with Crippen LogP contribution in [0.4, 0.5) is 11.4 Å². The lowest BCUT2D eigenvalue weighted by Gasteiger charge is -2.38. The van der Waals surface area contributed by atoms with Gasteiger partial charge in [-0.2, -0.15) is 0 Å². The lowest BCUT2D eigenvalue weighted by Crippen LogP contribution is -2.29. The zero-order chi connectivity index (χ0) is 16.8. The predicted molar refractivity (Wildman–Crippen MR) is 95.4 cm³/mol. The summed E-state index contributed by atoms with van der Waals surface area (Å²) >= 11 is 0. The minimum absolute atomic E-state index is 0.142. The number of hydrogen-bond acceptors (Lipinski definition) is 3. The molecule has 1 aliphatic heterocycles. The molecule has 2 aliphatic rings. The van der Waals surface area contributed by atoms with E-state index in [-0.39, 0.29) is 16.7 Å². The molecule has 4 nitrogen and oxygen atoms in total. The molecule has 0 saturated carbocycles. The van der Waals surface area contributed by atoms with Gasteiger partial charge in [0.05, 0.1) is 11.0 Å². The van der Waals surface area contributed by atoms with Gasteiger partial charge in [0.15, 0.2) is 0 Å². The van der Waals surface area contributed by atoms with Crippen molar-refractivity contribution in [1.82, 2.24) is 0 Å². The molecule has 0 aromatic heterocycles. The molecule has 0 amide bonds. The molecule has 0 fully saturated rings. The average Bonchev–Trinajstić information content (AvgIpc) is 3.07. The Hall–Kier alpha value is -2.62. The molecule has 2 aromatic rings. The molecule has 1 heterocycles. The zero-order valence-electron chi connectivity index (χ0n) is 13.8. The second kappa shape index (κ2) is 5.48. The van der Waals surface area contributed by atoms with Crippen molar-refractivity contribution in [3.8, 4) is 0 Å². The Bertz CT molecular complexity index is 839. The smallest absolute Gasteiger partial charge is 0.269 e. The zero-order valence-corrected chi connectivity index (χ0v) is 13.8. The van der Waals surface area contributed by atoms with E-state index in [4.69, 9.17) is 0 Å². The van der Waals surface area contributed by atoms with E-state index in [0.29, 0.717) is 11.8 Å². The van der Waals surface area contributed by atoms with Crippen molar-refractivity contribution in [3.63, 3.8) is 0 Å². The van der Waals surface area contributed by atoms with Crippen LogP contribution >= 0.6 is 0 Å². The first kappa shape index (κ1) is 14.9. The van der Waals surface area contributed by atoms with Crippen molar-refractivity contribution in [2.24, 2.45) is 5.92 Å². The third-order valence-electron chi connectivity index (χ3n) is 5.53. The molecule has 1 N–H and O–H groups in total. The van der Waals surface area contributed by atoms with Crippen LogP contribution in [0.1, 0.15) is 40.6 Å². The molecule has 4 rings (SSSR count). The summed E-state index contributed by atoms with van der Waals surface area (Å²) in [7, 11) is 0. The summed E-state index contributed by atoms with van der Waals surface area (Å²) in [6.07, 6.45) is 5.61. The summed E-state index contributed by atoms with van der Waals surface area (Å²) in [4.78, 5) is 10.6. The number of nitro groups is 1. The number of nitrogens with zero attached hydrogens (tertiary/aromatic N) is 1. The van der Waals surface area contributed by atoms with Crippen LogP contribution in [0, 0.1) is 29.9 Å². The summed E-state index contributed by atoms with van der Waals surface area (Å²) in [6, 6.07) is 11.6. The lowest BCUT2D eigenvalue weighted by molar-refractivity contribution is -0.384. The van der Waals surface area contributed by atoms with E-state index in [1.165, 1.54) is 22.4 Å². The van der Waals surface area contributed by atoms with E-state index in [1.54, 1.807) is 12.1 Å². The molecule has 2 aromatic carbocycles. The molecule has 3 atom stereocenters. The highest BCUT2D eigenvalue weighted by Crippen LogP contribution is 2.50. The van der Waals surface area contributed by atoms with Crippen LogP contribution in [0.25, 0.3) is 0 Å². The highest BCUT2D eigenvalue weighted by molar-refractivity contribution is 5.65. The number of allylic oxidation sites excluding steroid dienone is 2. The maximum Gasteiger partial charge on any atom is 0.269 e. The van der Waals surface area contributed by atoms with E-state index in [9.17, 15) is 10.1 Å². The molecule has 0 unspecified atom stereocenters. The number of aryl methyl sites for hydroxylation is 1. The first-order chi connectivity index (χ1) is 11.6. The highest BCUT2D eigenvalue weighted by Gasteiger charge is 2.38. The minimum Gasteiger partial charge on any atom is -0.377 e. The fourth-order valence-corrected chi connectivity index (χ4v) is 4.05. The van der Waals surface area contributed by atoms with Gasteiger partial charge in [-0.1, -0.05) is 36.4 Å². The van der Waals surface area contributed by atoms with Crippen LogP contribution in [0.3, 0.4) is 0 Å². The number of non-ortho nitro benzene ring substituents is 1. The van der Waals surface area contributed by atoms with E-state index < -0.39 is 0 Å². The SMILES string of the molecule is Cc1ccc2c(c1C)N[C@@H](c1ccc([N+](=O)[O-])cc1)[C@H]1CC=C[C@H]21. The first-order valence-corrected chi connectivity index (χ1v) is 8.34. The van der Waals surface area contributed by atoms with Gasteiger partial charge in [0.2, 0.25) is 0 Å². The molecular formula is C20H20N2O2. The maximum absolute atomic E-state index is 10.9. The van der Waals surface area contributed by atoms with Crippen LogP contribution < -0.4 is 5.32 Å². The Morgan fingerprint density at radius 1 is 1.12 bits per heavy atom. The van der Waals surface area contributed by atoms with E-state index in [0.717, 1.165) is 12.0 Å². The van der Waals surface area contributed by atoms with Crippen LogP contribution in [-0.4, -0.2) is 4.92 Å². The summed E-state index contributed by atoms with van der Waals surface area (Å²) in [5, 5.41) is 14.6. The summed E-state index contributed by atoms with van der Waals surface area (Å²) in [6.45, 7) is 4.29. The normalized spacial score (nSPS) is 24.2. The third kappa shape index (κ3) is 2.21. The number of fused-ring (bicyclic) bond motifs is 3. The van der Waals surface area contributed by atoms with Gasteiger partial charge in [0.1, 0.15) is 0 Å². The standard InChI is InChI=1S/C20H20N2O2/c1-12-6-11-18-16-4-3-5-17(16)20(21-19(18)13(12)2)14-7-9-15(10-8-14)22(23)24/h3-4,6-11,16-17,20-21H,5H2,1-2H3/t16-,17-,20-/m0/s1. The van der Waals surface area contributed by atoms with Gasteiger partial charge < -0.3 is 5.32 Å². The molecular weight excluding hydrogens is 300 g/mol. The minimum atomic E-state index is -0.346. The number of rotatable bonds is 2. The predicted octanol–water partition coefficient (Wildman–Crippen LogP) is 5.04. The lowest BCUT2D eigenvalue weighted by atomic mass is 9.76. The quantitative estimate of drug-likeness (QED) is 0.479. The summed E-state index contributed by atoms with van der Waals surface area (Å²) in [5.74, 6) is 0.877. The number of anilines is 1. The van der Waals surface area contributed by atoms with Gasteiger partial charge >= 0.3 is 0 Å². The van der Waals surface area contributed by atoms with Gasteiger partial charge in [-0.3, -0.25) is 10.1 Å². The highest BCUT2D eigenvalue weighted by atomic mass is 16.6. The van der Waals surface area contributed by atoms with Crippen molar-refractivity contribution in [1.29, 1.82) is 0 Å². The molecule has 0 saturated heterocycles. The fourth-order valence-electron chi connectivity index (χ4n) is 4.05. The van der Waals surface area contributed by atoms with Crippen LogP contribution in [-0.2, 0) is 0 Å². The molecule has 4 heteroatoms.